The molecule has 2 unspecified atom stereocenters. The van der Waals surface area contributed by atoms with Crippen molar-refractivity contribution in [2.75, 3.05) is 0 Å². The number of nitrogens with zero attached hydrogens (tertiary/aromatic N) is 1. The highest BCUT2D eigenvalue weighted by molar-refractivity contribution is 7.99. The minimum absolute atomic E-state index is 0.147. The van der Waals surface area contributed by atoms with Gasteiger partial charge in [0.15, 0.2) is 0 Å². The van der Waals surface area contributed by atoms with E-state index >= 15 is 0 Å². The molecule has 0 aromatic carbocycles. The number of thioether (sulfide) groups is 1. The molecule has 4 nitrogen and oxygen atoms in total. The molecular weight excluding hydrogens is 224 g/mol. The smallest absolute Gasteiger partial charge is 0.323 e. The van der Waals surface area contributed by atoms with Crippen LogP contribution in [0.15, 0.2) is 29.4 Å². The summed E-state index contributed by atoms with van der Waals surface area (Å²) >= 11 is 1.60. The molecule has 0 radical (unpaired) electrons. The van der Waals surface area contributed by atoms with Crippen LogP contribution in [-0.2, 0) is 4.79 Å². The largest absolute Gasteiger partial charge is 0.480 e. The van der Waals surface area contributed by atoms with Crippen LogP contribution in [0.3, 0.4) is 0 Å². The van der Waals surface area contributed by atoms with E-state index in [1.54, 1.807) is 31.1 Å². The first-order valence-corrected chi connectivity index (χ1v) is 5.89. The summed E-state index contributed by atoms with van der Waals surface area (Å²) in [4.78, 5) is 15.9. The second-order valence-electron chi connectivity index (χ2n) is 4.04. The zero-order valence-electron chi connectivity index (χ0n) is 9.38. The molecular formula is C11H16N2O2S. The molecule has 0 saturated heterocycles. The number of hydrogen-bond donors (Lipinski definition) is 2. The average molecular weight is 240 g/mol. The van der Waals surface area contributed by atoms with Gasteiger partial charge in [0.05, 0.1) is 0 Å². The number of aliphatic carboxylic acids is 1. The van der Waals surface area contributed by atoms with Crippen molar-refractivity contribution in [2.24, 2.45) is 5.73 Å². The van der Waals surface area contributed by atoms with Gasteiger partial charge < -0.3 is 10.8 Å². The van der Waals surface area contributed by atoms with E-state index in [9.17, 15) is 4.79 Å². The topological polar surface area (TPSA) is 76.2 Å². The van der Waals surface area contributed by atoms with Crippen LogP contribution in [-0.4, -0.2) is 26.8 Å². The van der Waals surface area contributed by atoms with Crippen LogP contribution in [0, 0.1) is 0 Å². The monoisotopic (exact) mass is 240 g/mol. The maximum atomic E-state index is 10.9. The van der Waals surface area contributed by atoms with Crippen LogP contribution in [0.2, 0.25) is 0 Å². The fraction of sp³-hybridized carbons (Fsp3) is 0.455. The second kappa shape index (κ2) is 5.32. The zero-order valence-corrected chi connectivity index (χ0v) is 10.2. The van der Waals surface area contributed by atoms with E-state index in [-0.39, 0.29) is 5.25 Å². The minimum atomic E-state index is -1.17. The molecule has 1 rings (SSSR count). The Morgan fingerprint density at radius 2 is 2.19 bits per heavy atom. The van der Waals surface area contributed by atoms with Crippen molar-refractivity contribution < 1.29 is 9.90 Å². The predicted octanol–water partition coefficient (Wildman–Crippen LogP) is 1.75. The van der Waals surface area contributed by atoms with Gasteiger partial charge in [-0.25, -0.2) is 0 Å². The summed E-state index contributed by atoms with van der Waals surface area (Å²) in [6, 6.07) is 3.80. The molecule has 0 saturated carbocycles. The number of aromatic nitrogens is 1. The van der Waals surface area contributed by atoms with Gasteiger partial charge in [-0.2, -0.15) is 0 Å². The van der Waals surface area contributed by atoms with Crippen molar-refractivity contribution in [2.45, 2.75) is 36.0 Å². The number of rotatable bonds is 5. The fourth-order valence-corrected chi connectivity index (χ4v) is 2.55. The Labute approximate surface area is 99.3 Å². The number of hydrogen-bond acceptors (Lipinski definition) is 4. The molecule has 1 aromatic heterocycles. The zero-order chi connectivity index (χ0) is 12.2. The summed E-state index contributed by atoms with van der Waals surface area (Å²) in [7, 11) is 0. The highest BCUT2D eigenvalue weighted by Gasteiger charge is 2.30. The summed E-state index contributed by atoms with van der Waals surface area (Å²) < 4.78 is 0. The third-order valence-corrected chi connectivity index (χ3v) is 3.30. The third kappa shape index (κ3) is 3.83. The molecule has 0 spiro atoms. The van der Waals surface area contributed by atoms with Crippen molar-refractivity contribution in [1.82, 2.24) is 4.98 Å². The van der Waals surface area contributed by atoms with Crippen molar-refractivity contribution in [3.63, 3.8) is 0 Å². The highest BCUT2D eigenvalue weighted by atomic mass is 32.2. The van der Waals surface area contributed by atoms with Gasteiger partial charge in [0.1, 0.15) is 5.54 Å². The lowest BCUT2D eigenvalue weighted by molar-refractivity contribution is -0.142. The summed E-state index contributed by atoms with van der Waals surface area (Å²) in [5, 5.41) is 9.06. The molecule has 5 heteroatoms. The molecule has 0 fully saturated rings. The first-order valence-electron chi connectivity index (χ1n) is 5.01. The lowest BCUT2D eigenvalue weighted by Crippen LogP contribution is -2.46. The Hall–Kier alpha value is -1.07. The van der Waals surface area contributed by atoms with Crippen LogP contribution in [0.25, 0.3) is 0 Å². The molecule has 1 heterocycles. The first-order chi connectivity index (χ1) is 7.42. The average Bonchev–Trinajstić information content (AvgIpc) is 2.17. The van der Waals surface area contributed by atoms with Gasteiger partial charge in [-0.1, -0.05) is 6.92 Å². The van der Waals surface area contributed by atoms with Crippen LogP contribution in [0.1, 0.15) is 20.3 Å². The van der Waals surface area contributed by atoms with Gasteiger partial charge in [0.25, 0.3) is 0 Å². The van der Waals surface area contributed by atoms with Gasteiger partial charge in [0.2, 0.25) is 0 Å². The lowest BCUT2D eigenvalue weighted by atomic mass is 9.98. The van der Waals surface area contributed by atoms with E-state index in [4.69, 9.17) is 10.8 Å². The molecule has 3 N–H and O–H groups in total. The molecule has 88 valence electrons. The van der Waals surface area contributed by atoms with E-state index in [1.165, 1.54) is 0 Å². The summed E-state index contributed by atoms with van der Waals surface area (Å²) in [5.74, 6) is -0.963. The van der Waals surface area contributed by atoms with Gasteiger partial charge in [-0.3, -0.25) is 9.78 Å². The van der Waals surface area contributed by atoms with Gasteiger partial charge in [0, 0.05) is 22.5 Å². The molecule has 0 aliphatic rings. The van der Waals surface area contributed by atoms with Crippen LogP contribution < -0.4 is 5.73 Å². The molecule has 0 aliphatic heterocycles. The van der Waals surface area contributed by atoms with Crippen LogP contribution in [0.4, 0.5) is 0 Å². The maximum Gasteiger partial charge on any atom is 0.323 e. The second-order valence-corrected chi connectivity index (χ2v) is 5.55. The van der Waals surface area contributed by atoms with Crippen molar-refractivity contribution in [3.05, 3.63) is 24.5 Å². The van der Waals surface area contributed by atoms with Crippen molar-refractivity contribution >= 4 is 17.7 Å². The number of carboxylic acid groups (broad SMARTS) is 1. The standard InChI is InChI=1S/C11H16N2O2S/c1-8(7-11(2,12)10(14)15)16-9-3-5-13-6-4-9/h3-6,8H,7,12H2,1-2H3,(H,14,15). The summed E-state index contributed by atoms with van der Waals surface area (Å²) in [5.41, 5.74) is 4.52. The molecule has 0 aliphatic carbocycles. The first kappa shape index (κ1) is 13.0. The van der Waals surface area contributed by atoms with E-state index in [0.717, 1.165) is 4.90 Å². The van der Waals surface area contributed by atoms with Crippen LogP contribution >= 0.6 is 11.8 Å². The predicted molar refractivity (Wildman–Crippen MR) is 64.4 cm³/mol. The fourth-order valence-electron chi connectivity index (χ4n) is 1.38. The summed E-state index contributed by atoms with van der Waals surface area (Å²) in [6.07, 6.45) is 3.86. The van der Waals surface area contributed by atoms with Crippen molar-refractivity contribution in [1.29, 1.82) is 0 Å². The van der Waals surface area contributed by atoms with E-state index in [0.29, 0.717) is 6.42 Å². The van der Waals surface area contributed by atoms with Gasteiger partial charge in [-0.15, -0.1) is 11.8 Å². The Balaban J connectivity index is 2.54. The lowest BCUT2D eigenvalue weighted by Gasteiger charge is -2.22. The Bertz CT molecular complexity index is 354. The van der Waals surface area contributed by atoms with E-state index < -0.39 is 11.5 Å². The molecule has 16 heavy (non-hydrogen) atoms. The Morgan fingerprint density at radius 3 is 2.69 bits per heavy atom. The number of nitrogens with two attached hydrogens (primary N) is 1. The van der Waals surface area contributed by atoms with Gasteiger partial charge in [-0.05, 0) is 25.5 Å². The molecule has 2 atom stereocenters. The Kier molecular flexibility index (Phi) is 4.32. The van der Waals surface area contributed by atoms with E-state index in [1.807, 2.05) is 19.1 Å². The normalized spacial score (nSPS) is 16.4. The quantitative estimate of drug-likeness (QED) is 0.767. The number of pyridine rings is 1. The number of carboxylic acids is 1. The van der Waals surface area contributed by atoms with E-state index in [2.05, 4.69) is 4.98 Å². The maximum absolute atomic E-state index is 10.9. The molecule has 1 aromatic rings. The SMILES string of the molecule is CC(CC(C)(N)C(=O)O)Sc1ccncc1. The highest BCUT2D eigenvalue weighted by Crippen LogP contribution is 2.27. The minimum Gasteiger partial charge on any atom is -0.480 e. The third-order valence-electron chi connectivity index (χ3n) is 2.19. The number of carbonyl (C=O) groups is 1. The van der Waals surface area contributed by atoms with Crippen molar-refractivity contribution in [3.8, 4) is 0 Å². The molecule has 0 bridgehead atoms. The Morgan fingerprint density at radius 1 is 1.62 bits per heavy atom. The van der Waals surface area contributed by atoms with Gasteiger partial charge >= 0.3 is 5.97 Å². The summed E-state index contributed by atoms with van der Waals surface area (Å²) in [6.45, 7) is 3.51. The van der Waals surface area contributed by atoms with Crippen LogP contribution in [0.5, 0.6) is 0 Å². The molecule has 0 amide bonds.